The van der Waals surface area contributed by atoms with Gasteiger partial charge in [-0.2, -0.15) is 5.11 Å². The lowest BCUT2D eigenvalue weighted by atomic mass is 10.1. The lowest BCUT2D eigenvalue weighted by Gasteiger charge is -1.95. The summed E-state index contributed by atoms with van der Waals surface area (Å²) in [6.45, 7) is 0.753. The monoisotopic (exact) mass is 167 g/mol. The SMILES string of the molecule is C1=N/N=N\N=NCCCCCC1. The van der Waals surface area contributed by atoms with Crippen molar-refractivity contribution in [2.24, 2.45) is 25.9 Å². The van der Waals surface area contributed by atoms with Crippen LogP contribution in [0.5, 0.6) is 0 Å². The standard InChI is InChI=1S/C7H13N5/c1-2-4-6-8-10-12-11-9-7-5-3-1/h6H,1-5,7H2/b8-6?,11-9?,12-10-. The largest absolute Gasteiger partial charge is 0.167 e. The third-order valence-electron chi connectivity index (χ3n) is 1.62. The van der Waals surface area contributed by atoms with Crippen LogP contribution in [0.4, 0.5) is 0 Å². The molecule has 12 heavy (non-hydrogen) atoms. The molecule has 0 aromatic rings. The normalized spacial score (nSPS) is 22.7. The molecule has 1 heterocycles. The number of hydrogen-bond acceptors (Lipinski definition) is 5. The molecule has 0 amide bonds. The molecule has 0 aromatic carbocycles. The Hall–Kier alpha value is -1.13. The zero-order valence-corrected chi connectivity index (χ0v) is 7.06. The van der Waals surface area contributed by atoms with Crippen molar-refractivity contribution in [1.29, 1.82) is 0 Å². The average Bonchev–Trinajstić information content (AvgIpc) is 2.05. The summed E-state index contributed by atoms with van der Waals surface area (Å²) in [5.41, 5.74) is 0. The molecule has 0 unspecified atom stereocenters. The van der Waals surface area contributed by atoms with Crippen molar-refractivity contribution < 1.29 is 0 Å². The fraction of sp³-hybridized carbons (Fsp3) is 0.857. The van der Waals surface area contributed by atoms with Crippen LogP contribution in [0.2, 0.25) is 0 Å². The second-order valence-electron chi connectivity index (χ2n) is 2.63. The first kappa shape index (κ1) is 8.96. The lowest BCUT2D eigenvalue weighted by Crippen LogP contribution is -1.83. The Morgan fingerprint density at radius 2 is 1.75 bits per heavy atom. The predicted molar refractivity (Wildman–Crippen MR) is 46.2 cm³/mol. The van der Waals surface area contributed by atoms with E-state index in [-0.39, 0.29) is 0 Å². The maximum Gasteiger partial charge on any atom is 0.0621 e. The summed E-state index contributed by atoms with van der Waals surface area (Å²) < 4.78 is 0. The first-order valence-corrected chi connectivity index (χ1v) is 4.28. The fourth-order valence-corrected chi connectivity index (χ4v) is 0.980. The van der Waals surface area contributed by atoms with Crippen molar-refractivity contribution in [1.82, 2.24) is 0 Å². The van der Waals surface area contributed by atoms with Crippen molar-refractivity contribution in [3.63, 3.8) is 0 Å². The van der Waals surface area contributed by atoms with Crippen molar-refractivity contribution in [3.05, 3.63) is 0 Å². The van der Waals surface area contributed by atoms with Crippen LogP contribution in [0.25, 0.3) is 0 Å². The highest BCUT2D eigenvalue weighted by atomic mass is 15.5. The molecule has 0 saturated heterocycles. The van der Waals surface area contributed by atoms with Crippen LogP contribution in [0, 0.1) is 0 Å². The van der Waals surface area contributed by atoms with Gasteiger partial charge in [0.15, 0.2) is 0 Å². The van der Waals surface area contributed by atoms with Crippen molar-refractivity contribution in [2.75, 3.05) is 6.54 Å². The molecular weight excluding hydrogens is 154 g/mol. The Bertz CT molecular complexity index is 164. The van der Waals surface area contributed by atoms with Gasteiger partial charge in [-0.05, 0) is 34.9 Å². The topological polar surface area (TPSA) is 61.8 Å². The van der Waals surface area contributed by atoms with Gasteiger partial charge >= 0.3 is 0 Å². The van der Waals surface area contributed by atoms with Gasteiger partial charge < -0.3 is 0 Å². The fourth-order valence-electron chi connectivity index (χ4n) is 0.980. The average molecular weight is 167 g/mol. The first-order valence-electron chi connectivity index (χ1n) is 4.28. The molecule has 0 N–H and O–H groups in total. The van der Waals surface area contributed by atoms with E-state index in [1.807, 2.05) is 0 Å². The highest BCUT2D eigenvalue weighted by Crippen LogP contribution is 2.02. The summed E-state index contributed by atoms with van der Waals surface area (Å²) in [5, 5.41) is 17.8. The smallest absolute Gasteiger partial charge is 0.0621 e. The first-order chi connectivity index (χ1) is 6.00. The maximum atomic E-state index is 3.80. The van der Waals surface area contributed by atoms with E-state index < -0.39 is 0 Å². The predicted octanol–water partition coefficient (Wildman–Crippen LogP) is 2.76. The van der Waals surface area contributed by atoms with Gasteiger partial charge in [0, 0.05) is 6.21 Å². The molecule has 1 aliphatic rings. The van der Waals surface area contributed by atoms with Gasteiger partial charge in [-0.25, -0.2) is 0 Å². The molecule has 0 atom stereocenters. The molecule has 0 aromatic heterocycles. The minimum Gasteiger partial charge on any atom is -0.167 e. The summed E-state index contributed by atoms with van der Waals surface area (Å²) >= 11 is 0. The van der Waals surface area contributed by atoms with Crippen LogP contribution >= 0.6 is 0 Å². The molecule has 0 spiro atoms. The van der Waals surface area contributed by atoms with E-state index in [1.165, 1.54) is 19.3 Å². The van der Waals surface area contributed by atoms with Crippen LogP contribution < -0.4 is 0 Å². The molecule has 0 fully saturated rings. The number of nitrogens with zero attached hydrogens (tertiary/aromatic N) is 5. The van der Waals surface area contributed by atoms with Crippen LogP contribution in [0.15, 0.2) is 25.9 Å². The van der Waals surface area contributed by atoms with E-state index in [0.29, 0.717) is 0 Å². The summed E-state index contributed by atoms with van der Waals surface area (Å²) in [6, 6.07) is 0. The zero-order valence-electron chi connectivity index (χ0n) is 7.06. The Kier molecular flexibility index (Phi) is 4.91. The van der Waals surface area contributed by atoms with Gasteiger partial charge in [0.1, 0.15) is 0 Å². The van der Waals surface area contributed by atoms with E-state index in [0.717, 1.165) is 19.4 Å². The maximum absolute atomic E-state index is 3.80. The second-order valence-corrected chi connectivity index (χ2v) is 2.63. The Morgan fingerprint density at radius 1 is 0.833 bits per heavy atom. The molecule has 5 nitrogen and oxygen atoms in total. The highest BCUT2D eigenvalue weighted by molar-refractivity contribution is 5.56. The van der Waals surface area contributed by atoms with Gasteiger partial charge in [0.2, 0.25) is 0 Å². The van der Waals surface area contributed by atoms with Gasteiger partial charge in [0.25, 0.3) is 0 Å². The van der Waals surface area contributed by atoms with E-state index in [4.69, 9.17) is 0 Å². The summed E-state index contributed by atoms with van der Waals surface area (Å²) in [4.78, 5) is 0. The molecule has 1 rings (SSSR count). The quantitative estimate of drug-likeness (QED) is 0.532. The van der Waals surface area contributed by atoms with Gasteiger partial charge in [0.05, 0.1) is 6.54 Å². The summed E-state index contributed by atoms with van der Waals surface area (Å²) in [7, 11) is 0. The van der Waals surface area contributed by atoms with E-state index in [9.17, 15) is 0 Å². The van der Waals surface area contributed by atoms with Crippen LogP contribution in [0.3, 0.4) is 0 Å². The molecule has 0 radical (unpaired) electrons. The van der Waals surface area contributed by atoms with Crippen molar-refractivity contribution >= 4 is 6.21 Å². The van der Waals surface area contributed by atoms with Gasteiger partial charge in [-0.1, -0.05) is 12.8 Å². The Morgan fingerprint density at radius 3 is 2.75 bits per heavy atom. The van der Waals surface area contributed by atoms with Gasteiger partial charge in [-0.3, -0.25) is 0 Å². The molecule has 66 valence electrons. The third-order valence-corrected chi connectivity index (χ3v) is 1.62. The van der Waals surface area contributed by atoms with E-state index in [2.05, 4.69) is 25.9 Å². The molecule has 5 heteroatoms. The summed E-state index contributed by atoms with van der Waals surface area (Å²) in [6.07, 6.45) is 7.46. The summed E-state index contributed by atoms with van der Waals surface area (Å²) in [5.74, 6) is 0. The Balaban J connectivity index is 2.32. The van der Waals surface area contributed by atoms with E-state index >= 15 is 0 Å². The zero-order chi connectivity index (χ0) is 8.49. The van der Waals surface area contributed by atoms with Crippen LogP contribution in [0.1, 0.15) is 32.1 Å². The second kappa shape index (κ2) is 6.57. The van der Waals surface area contributed by atoms with Gasteiger partial charge in [-0.15, -0.1) is 5.10 Å². The van der Waals surface area contributed by atoms with Crippen LogP contribution in [-0.4, -0.2) is 12.8 Å². The van der Waals surface area contributed by atoms with Crippen molar-refractivity contribution in [3.8, 4) is 0 Å². The molecule has 1 aliphatic heterocycles. The molecular formula is C7H13N5. The minimum absolute atomic E-state index is 0.753. The lowest BCUT2D eigenvalue weighted by molar-refractivity contribution is 0.644. The third kappa shape index (κ3) is 4.65. The van der Waals surface area contributed by atoms with Crippen molar-refractivity contribution in [2.45, 2.75) is 32.1 Å². The molecule has 0 bridgehead atoms. The number of rotatable bonds is 0. The molecule has 0 saturated carbocycles. The molecule has 0 aliphatic carbocycles. The van der Waals surface area contributed by atoms with Crippen LogP contribution in [-0.2, 0) is 0 Å². The minimum atomic E-state index is 0.753. The van der Waals surface area contributed by atoms with E-state index in [1.54, 1.807) is 6.21 Å². The Labute approximate surface area is 71.7 Å². The number of hydrogen-bond donors (Lipinski definition) is 0. The highest BCUT2D eigenvalue weighted by Gasteiger charge is 1.89.